The highest BCUT2D eigenvalue weighted by atomic mass is 32.2. The molecule has 0 spiro atoms. The van der Waals surface area contributed by atoms with E-state index in [2.05, 4.69) is 47.0 Å². The zero-order valence-corrected chi connectivity index (χ0v) is 37.4. The molecule has 0 bridgehead atoms. The van der Waals surface area contributed by atoms with E-state index in [1.807, 2.05) is 132 Å². The van der Waals surface area contributed by atoms with E-state index in [0.29, 0.717) is 11.5 Å². The van der Waals surface area contributed by atoms with E-state index in [-0.39, 0.29) is 37.8 Å². The van der Waals surface area contributed by atoms with Crippen molar-refractivity contribution >= 4 is 47.4 Å². The normalized spacial score (nSPS) is 15.8. The number of benzene rings is 4. The highest BCUT2D eigenvalue weighted by Gasteiger charge is 2.42. The SMILES string of the molecule is CSCCC(NC(=O)C1Cc2ccccc2CN1C(=O)[C@H](C(C)C)N(C)CC(CSC(c1ccccc1)(c1ccccc1)c1ccccc1)NC(=O)OC(C)(C)C)C(=O)O. The minimum atomic E-state index is -1.11. The van der Waals surface area contributed by atoms with Gasteiger partial charge in [-0.3, -0.25) is 14.5 Å². The molecule has 0 saturated heterocycles. The predicted molar refractivity (Wildman–Crippen MR) is 243 cm³/mol. The molecule has 0 aromatic heterocycles. The molecule has 5 rings (SSSR count). The molecule has 4 atom stereocenters. The van der Waals surface area contributed by atoms with Gasteiger partial charge in [0.1, 0.15) is 17.7 Å². The van der Waals surface area contributed by atoms with Gasteiger partial charge < -0.3 is 25.4 Å². The lowest BCUT2D eigenvalue weighted by Gasteiger charge is -2.42. The summed E-state index contributed by atoms with van der Waals surface area (Å²) in [4.78, 5) is 58.4. The number of hydrogen-bond acceptors (Lipinski definition) is 8. The van der Waals surface area contributed by atoms with Crippen LogP contribution in [-0.2, 0) is 36.8 Å². The van der Waals surface area contributed by atoms with E-state index < -0.39 is 52.5 Å². The zero-order chi connectivity index (χ0) is 43.5. The number of aliphatic carboxylic acids is 1. The number of nitrogens with one attached hydrogen (secondary N) is 2. The van der Waals surface area contributed by atoms with Gasteiger partial charge in [0, 0.05) is 25.3 Å². The number of nitrogens with zero attached hydrogens (tertiary/aromatic N) is 2. The number of fused-ring (bicyclic) bond motifs is 1. The van der Waals surface area contributed by atoms with Crippen LogP contribution < -0.4 is 10.6 Å². The summed E-state index contributed by atoms with van der Waals surface area (Å²) in [5.41, 5.74) is 4.41. The average Bonchev–Trinajstić information content (AvgIpc) is 3.22. The molecule has 0 aliphatic carbocycles. The Kier molecular flexibility index (Phi) is 16.3. The Morgan fingerprint density at radius 3 is 1.82 bits per heavy atom. The van der Waals surface area contributed by atoms with E-state index in [0.717, 1.165) is 27.8 Å². The van der Waals surface area contributed by atoms with Crippen LogP contribution in [0.1, 0.15) is 68.9 Å². The Morgan fingerprint density at radius 2 is 1.33 bits per heavy atom. The van der Waals surface area contributed by atoms with Gasteiger partial charge in [-0.15, -0.1) is 11.8 Å². The van der Waals surface area contributed by atoms with Crippen molar-refractivity contribution in [3.05, 3.63) is 143 Å². The van der Waals surface area contributed by atoms with Crippen molar-refractivity contribution in [2.45, 2.75) is 88.5 Å². The molecule has 4 aromatic rings. The summed E-state index contributed by atoms with van der Waals surface area (Å²) in [6.07, 6.45) is 1.86. The first kappa shape index (κ1) is 46.3. The molecule has 1 aliphatic heterocycles. The number of carboxylic acids is 1. The maximum Gasteiger partial charge on any atom is 0.407 e. The Balaban J connectivity index is 1.49. The third-order valence-electron chi connectivity index (χ3n) is 10.7. The largest absolute Gasteiger partial charge is 0.480 e. The van der Waals surface area contributed by atoms with Gasteiger partial charge in [0.2, 0.25) is 11.8 Å². The van der Waals surface area contributed by atoms with E-state index in [4.69, 9.17) is 4.74 Å². The molecule has 60 heavy (non-hydrogen) atoms. The summed E-state index contributed by atoms with van der Waals surface area (Å²) >= 11 is 3.22. The predicted octanol–water partition coefficient (Wildman–Crippen LogP) is 7.84. The van der Waals surface area contributed by atoms with Crippen LogP contribution in [-0.4, -0.2) is 99.9 Å². The van der Waals surface area contributed by atoms with E-state index in [1.165, 1.54) is 11.8 Å². The van der Waals surface area contributed by atoms with Gasteiger partial charge in [-0.25, -0.2) is 9.59 Å². The van der Waals surface area contributed by atoms with Gasteiger partial charge in [-0.05, 0) is 80.0 Å². The second-order valence-electron chi connectivity index (χ2n) is 16.7. The molecule has 0 fully saturated rings. The van der Waals surface area contributed by atoms with Crippen molar-refractivity contribution in [1.82, 2.24) is 20.4 Å². The minimum Gasteiger partial charge on any atom is -0.480 e. The lowest BCUT2D eigenvalue weighted by Crippen LogP contribution is -2.60. The van der Waals surface area contributed by atoms with Gasteiger partial charge in [0.05, 0.1) is 16.8 Å². The third kappa shape index (κ3) is 11.7. The highest BCUT2D eigenvalue weighted by Crippen LogP contribution is 2.48. The average molecular weight is 853 g/mol. The molecule has 4 aromatic carbocycles. The molecule has 12 heteroatoms. The number of carbonyl (C=O) groups excluding carboxylic acids is 3. The summed E-state index contributed by atoms with van der Waals surface area (Å²) in [7, 11) is 1.88. The number of carbonyl (C=O) groups is 4. The summed E-state index contributed by atoms with van der Waals surface area (Å²) < 4.78 is 5.13. The van der Waals surface area contributed by atoms with Crippen molar-refractivity contribution in [3.8, 4) is 0 Å². The Morgan fingerprint density at radius 1 is 0.817 bits per heavy atom. The van der Waals surface area contributed by atoms with Crippen LogP contribution in [0, 0.1) is 5.92 Å². The smallest absolute Gasteiger partial charge is 0.407 e. The van der Waals surface area contributed by atoms with E-state index >= 15 is 4.79 Å². The maximum atomic E-state index is 15.0. The Bertz CT molecular complexity index is 1930. The fourth-order valence-corrected chi connectivity index (χ4v) is 9.99. The molecule has 3 unspecified atom stereocenters. The van der Waals surface area contributed by atoms with Crippen LogP contribution >= 0.6 is 23.5 Å². The molecule has 3 amide bonds. The van der Waals surface area contributed by atoms with Crippen LogP contribution in [0.3, 0.4) is 0 Å². The first-order valence-electron chi connectivity index (χ1n) is 20.5. The maximum absolute atomic E-state index is 15.0. The number of hydrogen-bond donors (Lipinski definition) is 3. The first-order chi connectivity index (χ1) is 28.6. The second-order valence-corrected chi connectivity index (χ2v) is 18.9. The van der Waals surface area contributed by atoms with Crippen LogP contribution in [0.2, 0.25) is 0 Å². The van der Waals surface area contributed by atoms with Crippen LogP contribution in [0.5, 0.6) is 0 Å². The van der Waals surface area contributed by atoms with E-state index in [9.17, 15) is 19.5 Å². The van der Waals surface area contributed by atoms with Gasteiger partial charge in [-0.1, -0.05) is 129 Å². The van der Waals surface area contributed by atoms with Crippen molar-refractivity contribution in [2.24, 2.45) is 5.92 Å². The van der Waals surface area contributed by atoms with Gasteiger partial charge in [0.25, 0.3) is 0 Å². The topological polar surface area (TPSA) is 128 Å². The van der Waals surface area contributed by atoms with Crippen molar-refractivity contribution < 1.29 is 29.0 Å². The summed E-state index contributed by atoms with van der Waals surface area (Å²) in [6.45, 7) is 9.92. The van der Waals surface area contributed by atoms with Crippen LogP contribution in [0.25, 0.3) is 0 Å². The lowest BCUT2D eigenvalue weighted by atomic mass is 9.84. The first-order valence-corrected chi connectivity index (χ1v) is 22.9. The fraction of sp³-hybridized carbons (Fsp3) is 0.417. The number of alkyl carbamates (subject to hydrolysis) is 1. The standard InChI is InChI=1S/C48H60N4O6S2/c1-33(2)42(44(54)52-30-35-20-18-17-19-34(35)29-41(52)43(53)50-40(45(55)56)27-28-59-7)51(6)31-39(49-46(57)58-47(3,4)5)32-60-48(36-21-11-8-12-22-36,37-23-13-9-14-24-37)38-25-15-10-16-26-38/h8-26,33,39-42H,27-32H2,1-7H3,(H,49,57)(H,50,53)(H,55,56)/t39?,40?,41?,42-/m0/s1. The molecular weight excluding hydrogens is 793 g/mol. The van der Waals surface area contributed by atoms with Crippen molar-refractivity contribution in [1.29, 1.82) is 0 Å². The number of amides is 3. The summed E-state index contributed by atoms with van der Waals surface area (Å²) in [5.74, 6) is -1.03. The number of likely N-dealkylation sites (N-methyl/N-ethyl adjacent to an activating group) is 1. The Labute approximate surface area is 364 Å². The van der Waals surface area contributed by atoms with Crippen molar-refractivity contribution in [3.63, 3.8) is 0 Å². The van der Waals surface area contributed by atoms with Crippen LogP contribution in [0.15, 0.2) is 115 Å². The molecule has 0 saturated carbocycles. The summed E-state index contributed by atoms with van der Waals surface area (Å²) in [5, 5.41) is 15.9. The molecule has 1 heterocycles. The highest BCUT2D eigenvalue weighted by molar-refractivity contribution is 8.00. The van der Waals surface area contributed by atoms with E-state index in [1.54, 1.807) is 16.7 Å². The molecule has 320 valence electrons. The van der Waals surface area contributed by atoms with Crippen molar-refractivity contribution in [2.75, 3.05) is 31.4 Å². The molecular formula is C48H60N4O6S2. The third-order valence-corrected chi connectivity index (χ3v) is 13.0. The number of thioether (sulfide) groups is 2. The molecule has 3 N–H and O–H groups in total. The quantitative estimate of drug-likeness (QED) is 0.0859. The molecule has 10 nitrogen and oxygen atoms in total. The monoisotopic (exact) mass is 852 g/mol. The minimum absolute atomic E-state index is 0.191. The molecule has 0 radical (unpaired) electrons. The van der Waals surface area contributed by atoms with Crippen LogP contribution in [0.4, 0.5) is 4.79 Å². The number of carboxylic acid groups (broad SMARTS) is 1. The lowest BCUT2D eigenvalue weighted by molar-refractivity contribution is -0.148. The van der Waals surface area contributed by atoms with Gasteiger partial charge in [0.15, 0.2) is 0 Å². The van der Waals surface area contributed by atoms with Gasteiger partial charge >= 0.3 is 12.1 Å². The second kappa shape index (κ2) is 21.1. The fourth-order valence-electron chi connectivity index (χ4n) is 7.97. The molecule has 1 aliphatic rings. The summed E-state index contributed by atoms with van der Waals surface area (Å²) in [6, 6.07) is 35.6. The number of ether oxygens (including phenoxy) is 1. The Hall–Kier alpha value is -4.78. The van der Waals surface area contributed by atoms with Gasteiger partial charge in [-0.2, -0.15) is 11.8 Å². The zero-order valence-electron chi connectivity index (χ0n) is 35.8. The number of rotatable bonds is 18.